The highest BCUT2D eigenvalue weighted by Gasteiger charge is 2.28. The molecule has 0 amide bonds. The molecule has 0 bridgehead atoms. The minimum absolute atomic E-state index is 0.0465. The van der Waals surface area contributed by atoms with Crippen LogP contribution < -0.4 is 0 Å². The van der Waals surface area contributed by atoms with Gasteiger partial charge in [-0.2, -0.15) is 0 Å². The third kappa shape index (κ3) is 5.88. The number of hydrogen-bond acceptors (Lipinski definition) is 2. The van der Waals surface area contributed by atoms with Crippen molar-refractivity contribution in [3.8, 4) is 0 Å². The summed E-state index contributed by atoms with van der Waals surface area (Å²) in [5.74, 6) is 0.904. The first-order chi connectivity index (χ1) is 10.3. The molecule has 122 valence electrons. The van der Waals surface area contributed by atoms with Crippen LogP contribution in [-0.2, 0) is 0 Å². The molecule has 2 heterocycles. The van der Waals surface area contributed by atoms with Gasteiger partial charge in [-0.25, -0.2) is 0 Å². The van der Waals surface area contributed by atoms with Crippen molar-refractivity contribution in [2.24, 2.45) is 5.92 Å². The molecule has 2 fully saturated rings. The number of likely N-dealkylation sites (tertiary alicyclic amines) is 2. The van der Waals surface area contributed by atoms with Gasteiger partial charge in [-0.05, 0) is 71.1 Å². The summed E-state index contributed by atoms with van der Waals surface area (Å²) in [5.41, 5.74) is 2.47. The van der Waals surface area contributed by atoms with E-state index in [1.807, 2.05) is 0 Å². The Balaban J connectivity index is 1.89. The maximum absolute atomic E-state index is 2.82. The minimum Gasteiger partial charge on any atom is -0.288 e. The molecule has 0 aromatic rings. The summed E-state index contributed by atoms with van der Waals surface area (Å²) in [5, 5.41) is 0. The van der Waals surface area contributed by atoms with Crippen LogP contribution in [0, 0.1) is 5.92 Å². The molecule has 2 nitrogen and oxygen atoms in total. The van der Waals surface area contributed by atoms with E-state index in [9.17, 15) is 0 Å². The highest BCUT2D eigenvalue weighted by Crippen LogP contribution is 2.25. The maximum Gasteiger partial charge on any atom is 0.0624 e. The van der Waals surface area contributed by atoms with Crippen LogP contribution in [-0.4, -0.2) is 51.7 Å². The van der Waals surface area contributed by atoms with Gasteiger partial charge < -0.3 is 0 Å². The van der Waals surface area contributed by atoms with Crippen LogP contribution >= 0.6 is 0 Å². The molecule has 0 aromatic carbocycles. The van der Waals surface area contributed by atoms with Gasteiger partial charge in [0, 0.05) is 9.52 Å². The number of piperidine rings is 2. The van der Waals surface area contributed by atoms with E-state index in [0.717, 1.165) is 12.1 Å². The molecule has 0 aromatic heterocycles. The van der Waals surface area contributed by atoms with E-state index in [1.54, 1.807) is 0 Å². The average Bonchev–Trinajstić information content (AvgIpc) is 2.54. The lowest BCUT2D eigenvalue weighted by Crippen LogP contribution is -2.52. The van der Waals surface area contributed by atoms with E-state index in [-0.39, 0.29) is 9.52 Å². The summed E-state index contributed by atoms with van der Waals surface area (Å²) < 4.78 is 0. The Labute approximate surface area is 134 Å². The molecule has 21 heavy (non-hydrogen) atoms. The summed E-state index contributed by atoms with van der Waals surface area (Å²) in [6, 6.07) is 1.49. The molecule has 3 heteroatoms. The second-order valence-corrected chi connectivity index (χ2v) is 8.79. The van der Waals surface area contributed by atoms with E-state index in [0.29, 0.717) is 0 Å². The first-order valence-corrected chi connectivity index (χ1v) is 11.2. The smallest absolute Gasteiger partial charge is 0.0624 e. The molecule has 2 aliphatic rings. The van der Waals surface area contributed by atoms with Crippen LogP contribution in [0.1, 0.15) is 58.8 Å². The van der Waals surface area contributed by atoms with Crippen LogP contribution in [0.5, 0.6) is 0 Å². The fourth-order valence-corrected chi connectivity index (χ4v) is 5.32. The van der Waals surface area contributed by atoms with Crippen molar-refractivity contribution in [2.75, 3.05) is 26.2 Å². The van der Waals surface area contributed by atoms with E-state index in [2.05, 4.69) is 35.4 Å². The standard InChI is InChI=1S/C18H36N2Si/c1-3-14-21-16-17(2)15-18(19-10-6-4-7-11-19)20-12-8-5-9-13-20/h3,14,17-18H,4-13,15-16,21H2,1-2H3. The van der Waals surface area contributed by atoms with Crippen LogP contribution in [0.15, 0.2) is 11.8 Å². The topological polar surface area (TPSA) is 6.48 Å². The average molecular weight is 309 g/mol. The van der Waals surface area contributed by atoms with E-state index >= 15 is 0 Å². The van der Waals surface area contributed by atoms with Crippen molar-refractivity contribution in [3.05, 3.63) is 11.8 Å². The Morgan fingerprint density at radius 1 is 0.905 bits per heavy atom. The van der Waals surface area contributed by atoms with Gasteiger partial charge in [0.2, 0.25) is 0 Å². The molecule has 1 unspecified atom stereocenters. The largest absolute Gasteiger partial charge is 0.288 e. The Morgan fingerprint density at radius 3 is 1.90 bits per heavy atom. The first-order valence-electron chi connectivity index (χ1n) is 9.40. The van der Waals surface area contributed by atoms with Crippen LogP contribution in [0.25, 0.3) is 0 Å². The Kier molecular flexibility index (Phi) is 8.05. The zero-order chi connectivity index (χ0) is 14.9. The highest BCUT2D eigenvalue weighted by molar-refractivity contribution is 6.42. The van der Waals surface area contributed by atoms with Gasteiger partial charge in [-0.15, -0.1) is 5.70 Å². The van der Waals surface area contributed by atoms with Gasteiger partial charge in [0.1, 0.15) is 0 Å². The van der Waals surface area contributed by atoms with Gasteiger partial charge >= 0.3 is 0 Å². The first kappa shape index (κ1) is 17.2. The molecule has 2 saturated heterocycles. The molecule has 0 radical (unpaired) electrons. The van der Waals surface area contributed by atoms with Crippen molar-refractivity contribution in [2.45, 2.75) is 71.0 Å². The van der Waals surface area contributed by atoms with Gasteiger partial charge in [-0.1, -0.05) is 31.9 Å². The van der Waals surface area contributed by atoms with Crippen molar-refractivity contribution in [3.63, 3.8) is 0 Å². The van der Waals surface area contributed by atoms with Gasteiger partial charge in [0.05, 0.1) is 6.17 Å². The Morgan fingerprint density at radius 2 is 1.43 bits per heavy atom. The van der Waals surface area contributed by atoms with Crippen molar-refractivity contribution in [1.82, 2.24) is 9.80 Å². The van der Waals surface area contributed by atoms with Gasteiger partial charge in [0.15, 0.2) is 0 Å². The molecule has 2 rings (SSSR count). The predicted molar refractivity (Wildman–Crippen MR) is 96.6 cm³/mol. The summed E-state index contributed by atoms with van der Waals surface area (Å²) >= 11 is 0. The number of hydrogen-bond donors (Lipinski definition) is 0. The summed E-state index contributed by atoms with van der Waals surface area (Å²) in [6.07, 6.45) is 13.0. The fourth-order valence-electron chi connectivity index (χ4n) is 3.99. The highest BCUT2D eigenvalue weighted by atomic mass is 28.2. The second kappa shape index (κ2) is 9.81. The van der Waals surface area contributed by atoms with Gasteiger partial charge in [0.25, 0.3) is 0 Å². The lowest BCUT2D eigenvalue weighted by Gasteiger charge is -2.44. The molecule has 0 spiro atoms. The summed E-state index contributed by atoms with van der Waals surface area (Å²) in [7, 11) is 0.0465. The van der Waals surface area contributed by atoms with E-state index in [4.69, 9.17) is 0 Å². The third-order valence-corrected chi connectivity index (χ3v) is 7.42. The molecule has 0 saturated carbocycles. The summed E-state index contributed by atoms with van der Waals surface area (Å²) in [6.45, 7) is 10.1. The monoisotopic (exact) mass is 308 g/mol. The van der Waals surface area contributed by atoms with Crippen LogP contribution in [0.3, 0.4) is 0 Å². The number of rotatable bonds is 7. The van der Waals surface area contributed by atoms with Crippen LogP contribution in [0.4, 0.5) is 0 Å². The van der Waals surface area contributed by atoms with Crippen molar-refractivity contribution >= 4 is 9.52 Å². The zero-order valence-electron chi connectivity index (χ0n) is 14.4. The maximum atomic E-state index is 2.82. The number of allylic oxidation sites excluding steroid dienone is 1. The molecule has 1 atom stereocenters. The van der Waals surface area contributed by atoms with E-state index in [1.165, 1.54) is 77.2 Å². The Hall–Kier alpha value is -0.123. The Bertz CT molecular complexity index is 276. The van der Waals surface area contributed by atoms with Crippen LogP contribution in [0.2, 0.25) is 6.04 Å². The molecule has 2 aliphatic heterocycles. The quantitative estimate of drug-likeness (QED) is 0.665. The molecule has 0 N–H and O–H groups in total. The number of nitrogens with zero attached hydrogens (tertiary/aromatic N) is 2. The molecular formula is C18H36N2Si. The SMILES string of the molecule is CC=C[SiH2]CC(C)CC(N1CCCCC1)N1CCCCC1. The third-order valence-electron chi connectivity index (χ3n) is 5.30. The van der Waals surface area contributed by atoms with E-state index < -0.39 is 0 Å². The normalized spacial score (nSPS) is 24.5. The fraction of sp³-hybridized carbons (Fsp3) is 0.889. The second-order valence-electron chi connectivity index (χ2n) is 7.16. The minimum atomic E-state index is 0.0465. The lowest BCUT2D eigenvalue weighted by molar-refractivity contribution is 0.00473. The molecular weight excluding hydrogens is 272 g/mol. The van der Waals surface area contributed by atoms with Crippen molar-refractivity contribution in [1.29, 1.82) is 0 Å². The van der Waals surface area contributed by atoms with Crippen molar-refractivity contribution < 1.29 is 0 Å². The summed E-state index contributed by atoms with van der Waals surface area (Å²) in [4.78, 5) is 5.64. The molecule has 0 aliphatic carbocycles. The lowest BCUT2D eigenvalue weighted by atomic mass is 10.0. The predicted octanol–water partition coefficient (Wildman–Crippen LogP) is 3.43. The zero-order valence-corrected chi connectivity index (χ0v) is 15.8. The van der Waals surface area contributed by atoms with Gasteiger partial charge in [-0.3, -0.25) is 9.80 Å².